The minimum absolute atomic E-state index is 0.000881. The molecule has 9 nitrogen and oxygen atoms in total. The van der Waals surface area contributed by atoms with Crippen molar-refractivity contribution in [3.05, 3.63) is 0 Å². The summed E-state index contributed by atoms with van der Waals surface area (Å²) >= 11 is 8.16. The molecule has 11 atom stereocenters. The number of likely N-dealkylation sites (tertiary alicyclic amines) is 1. The molecule has 0 radical (unpaired) electrons. The number of fused-ring (bicyclic) bond motifs is 1. The molecule has 5 aliphatic rings. The molecule has 0 spiro atoms. The lowest BCUT2D eigenvalue weighted by Crippen LogP contribution is -2.57. The molecule has 9 unspecified atom stereocenters. The van der Waals surface area contributed by atoms with Crippen molar-refractivity contribution in [2.24, 2.45) is 29.6 Å². The number of hydrogen-bond acceptors (Lipinski definition) is 8. The van der Waals surface area contributed by atoms with Crippen LogP contribution in [-0.4, -0.2) is 96.2 Å². The average molecular weight is 516 g/mol. The van der Waals surface area contributed by atoms with Crippen LogP contribution in [0.4, 0.5) is 0 Å². The van der Waals surface area contributed by atoms with Gasteiger partial charge in [-0.15, -0.1) is 23.4 Å². The summed E-state index contributed by atoms with van der Waals surface area (Å²) < 4.78 is 5.78. The molecule has 34 heavy (non-hydrogen) atoms. The highest BCUT2D eigenvalue weighted by molar-refractivity contribution is 8.00. The van der Waals surface area contributed by atoms with Gasteiger partial charge in [0.1, 0.15) is 5.50 Å². The highest BCUT2D eigenvalue weighted by Crippen LogP contribution is 2.42. The normalized spacial score (nSPS) is 46.2. The van der Waals surface area contributed by atoms with Crippen LogP contribution in [0.25, 0.3) is 0 Å². The molecule has 0 bridgehead atoms. The van der Waals surface area contributed by atoms with Crippen LogP contribution in [0.1, 0.15) is 26.2 Å². The Morgan fingerprint density at radius 2 is 1.97 bits per heavy atom. The third kappa shape index (κ3) is 5.10. The van der Waals surface area contributed by atoms with Crippen LogP contribution in [0.15, 0.2) is 0 Å². The molecule has 11 heteroatoms. The Kier molecular flexibility index (Phi) is 7.66. The van der Waals surface area contributed by atoms with Crippen molar-refractivity contribution < 1.29 is 19.4 Å². The molecule has 5 fully saturated rings. The molecule has 0 aromatic carbocycles. The SMILES string of the molecule is COC1CNC(Cl)CC1C1CC(C)NCC1C(=O)NC1NC2CN(C(=O)[C@@H]3C[C@@H]3CO)CC2S1. The molecular formula is C23H38ClN5O4S. The number of piperidine rings is 2. The third-order valence-electron chi connectivity index (χ3n) is 8.52. The van der Waals surface area contributed by atoms with E-state index in [0.29, 0.717) is 32.2 Å². The van der Waals surface area contributed by atoms with Crippen LogP contribution in [0.5, 0.6) is 0 Å². The molecule has 5 N–H and O–H groups in total. The summed E-state index contributed by atoms with van der Waals surface area (Å²) in [6, 6.07) is 0.541. The number of hydrogen-bond donors (Lipinski definition) is 5. The first-order valence-electron chi connectivity index (χ1n) is 12.6. The standard InChI is InChI=1S/C23H38ClN5O4S/c1-11-3-14(15-5-20(24)26-7-18(15)33-2)16(6-25-11)21(31)28-23-27-17-8-29(9-19(17)34-23)22(32)13-4-12(13)10-30/h11-20,23,25-27,30H,3-10H2,1-2H3,(H,28,31)/t11?,12-,13-,14?,15?,16?,17?,18?,19?,20?,23?/m1/s1. The van der Waals surface area contributed by atoms with E-state index in [1.165, 1.54) is 0 Å². The van der Waals surface area contributed by atoms with Gasteiger partial charge >= 0.3 is 0 Å². The lowest BCUT2D eigenvalue weighted by molar-refractivity contribution is -0.132. The Morgan fingerprint density at radius 1 is 1.15 bits per heavy atom. The molecule has 4 aliphatic heterocycles. The molecule has 0 aromatic heterocycles. The average Bonchev–Trinajstić information content (AvgIpc) is 3.37. The number of alkyl halides is 1. The van der Waals surface area contributed by atoms with Gasteiger partial charge < -0.3 is 25.4 Å². The number of rotatable bonds is 6. The van der Waals surface area contributed by atoms with E-state index in [1.807, 2.05) is 4.90 Å². The predicted molar refractivity (Wildman–Crippen MR) is 131 cm³/mol. The Morgan fingerprint density at radius 3 is 2.68 bits per heavy atom. The van der Waals surface area contributed by atoms with E-state index in [-0.39, 0.29) is 76.4 Å². The second kappa shape index (κ2) is 10.4. The first-order chi connectivity index (χ1) is 16.4. The zero-order valence-corrected chi connectivity index (χ0v) is 21.5. The van der Waals surface area contributed by atoms with Gasteiger partial charge in [0.15, 0.2) is 0 Å². The van der Waals surface area contributed by atoms with Crippen LogP contribution < -0.4 is 21.3 Å². The number of nitrogens with one attached hydrogen (secondary N) is 4. The highest BCUT2D eigenvalue weighted by atomic mass is 35.5. The van der Waals surface area contributed by atoms with E-state index in [0.717, 1.165) is 19.3 Å². The molecular weight excluding hydrogens is 478 g/mol. The highest BCUT2D eigenvalue weighted by Gasteiger charge is 2.50. The van der Waals surface area contributed by atoms with E-state index in [4.69, 9.17) is 16.3 Å². The van der Waals surface area contributed by atoms with Crippen LogP contribution in [-0.2, 0) is 14.3 Å². The van der Waals surface area contributed by atoms with Gasteiger partial charge in [0.25, 0.3) is 0 Å². The third-order valence-corrected chi connectivity index (χ3v) is 10.2. The van der Waals surface area contributed by atoms with Crippen molar-refractivity contribution >= 4 is 35.2 Å². The van der Waals surface area contributed by atoms with Crippen LogP contribution in [0.2, 0.25) is 0 Å². The van der Waals surface area contributed by atoms with Gasteiger partial charge in [0.05, 0.1) is 17.5 Å². The number of ether oxygens (including phenoxy) is 1. The van der Waals surface area contributed by atoms with Crippen LogP contribution in [0, 0.1) is 29.6 Å². The summed E-state index contributed by atoms with van der Waals surface area (Å²) in [6.07, 6.45) is 2.58. The molecule has 1 aliphatic carbocycles. The number of carbonyl (C=O) groups is 2. The van der Waals surface area contributed by atoms with E-state index in [9.17, 15) is 14.7 Å². The fourth-order valence-corrected chi connectivity index (χ4v) is 8.13. The second-order valence-electron chi connectivity index (χ2n) is 10.7. The summed E-state index contributed by atoms with van der Waals surface area (Å²) in [7, 11) is 1.74. The summed E-state index contributed by atoms with van der Waals surface area (Å²) in [4.78, 5) is 28.0. The Balaban J connectivity index is 1.17. The van der Waals surface area contributed by atoms with Crippen molar-refractivity contribution in [1.29, 1.82) is 0 Å². The number of nitrogens with zero attached hydrogens (tertiary/aromatic N) is 1. The van der Waals surface area contributed by atoms with Gasteiger partial charge in [-0.05, 0) is 43.9 Å². The van der Waals surface area contributed by atoms with Crippen molar-refractivity contribution in [2.75, 3.05) is 39.9 Å². The number of carbonyl (C=O) groups excluding carboxylic acids is 2. The minimum Gasteiger partial charge on any atom is -0.396 e. The monoisotopic (exact) mass is 515 g/mol. The van der Waals surface area contributed by atoms with Crippen molar-refractivity contribution in [3.8, 4) is 0 Å². The van der Waals surface area contributed by atoms with Gasteiger partial charge in [-0.1, -0.05) is 0 Å². The van der Waals surface area contributed by atoms with E-state index in [2.05, 4.69) is 28.2 Å². The molecule has 1 saturated carbocycles. The van der Waals surface area contributed by atoms with Crippen LogP contribution in [0.3, 0.4) is 0 Å². The zero-order valence-electron chi connectivity index (χ0n) is 19.9. The lowest BCUT2D eigenvalue weighted by Gasteiger charge is -2.45. The maximum Gasteiger partial charge on any atom is 0.226 e. The summed E-state index contributed by atoms with van der Waals surface area (Å²) in [5.41, 5.74) is -0.233. The Hall–Kier alpha value is -0.620. The summed E-state index contributed by atoms with van der Waals surface area (Å²) in [5, 5.41) is 23.1. The number of methoxy groups -OCH3 is 1. The minimum atomic E-state index is -0.141. The van der Waals surface area contributed by atoms with E-state index in [1.54, 1.807) is 18.9 Å². The van der Waals surface area contributed by atoms with Gasteiger partial charge in [0.2, 0.25) is 11.8 Å². The molecule has 0 aromatic rings. The second-order valence-corrected chi connectivity index (χ2v) is 12.6. The fraction of sp³-hybridized carbons (Fsp3) is 0.913. The number of thioether (sulfide) groups is 1. The molecule has 2 amide bonds. The maximum atomic E-state index is 13.5. The number of amides is 2. The lowest BCUT2D eigenvalue weighted by atomic mass is 9.70. The first-order valence-corrected chi connectivity index (χ1v) is 14.0. The molecule has 4 heterocycles. The topological polar surface area (TPSA) is 115 Å². The van der Waals surface area contributed by atoms with Crippen molar-refractivity contribution in [1.82, 2.24) is 26.2 Å². The summed E-state index contributed by atoms with van der Waals surface area (Å²) in [5.74, 6) is 0.712. The predicted octanol–water partition coefficient (Wildman–Crippen LogP) is -0.266. The largest absolute Gasteiger partial charge is 0.396 e. The fourth-order valence-electron chi connectivity index (χ4n) is 6.43. The Bertz CT molecular complexity index is 766. The van der Waals surface area contributed by atoms with Crippen LogP contribution >= 0.6 is 23.4 Å². The van der Waals surface area contributed by atoms with Gasteiger partial charge in [-0.3, -0.25) is 20.2 Å². The molecule has 192 valence electrons. The van der Waals surface area contributed by atoms with Gasteiger partial charge in [0, 0.05) is 63.1 Å². The van der Waals surface area contributed by atoms with E-state index >= 15 is 0 Å². The van der Waals surface area contributed by atoms with Crippen molar-refractivity contribution in [2.45, 2.75) is 60.6 Å². The number of aliphatic hydroxyl groups excluding tert-OH is 1. The van der Waals surface area contributed by atoms with Gasteiger partial charge in [-0.2, -0.15) is 0 Å². The zero-order chi connectivity index (χ0) is 24.0. The number of halogens is 1. The van der Waals surface area contributed by atoms with Gasteiger partial charge in [-0.25, -0.2) is 0 Å². The quantitative estimate of drug-likeness (QED) is 0.243. The van der Waals surface area contributed by atoms with Crippen molar-refractivity contribution in [3.63, 3.8) is 0 Å². The number of aliphatic hydroxyl groups is 1. The maximum absolute atomic E-state index is 13.5. The smallest absolute Gasteiger partial charge is 0.226 e. The van der Waals surface area contributed by atoms with E-state index < -0.39 is 0 Å². The summed E-state index contributed by atoms with van der Waals surface area (Å²) in [6.45, 7) is 5.02. The Labute approximate surface area is 210 Å². The first kappa shape index (κ1) is 25.0. The molecule has 5 rings (SSSR count). The molecule has 4 saturated heterocycles.